The van der Waals surface area contributed by atoms with E-state index in [9.17, 15) is 9.59 Å². The van der Waals surface area contributed by atoms with Crippen molar-refractivity contribution in [1.29, 1.82) is 0 Å². The topological polar surface area (TPSA) is 80.8 Å². The van der Waals surface area contributed by atoms with Crippen LogP contribution in [-0.4, -0.2) is 47.4 Å². The van der Waals surface area contributed by atoms with Crippen molar-refractivity contribution >= 4 is 40.8 Å². The van der Waals surface area contributed by atoms with E-state index in [1.165, 1.54) is 24.2 Å². The van der Waals surface area contributed by atoms with Gasteiger partial charge in [0.2, 0.25) is 11.8 Å². The molecule has 182 valence electrons. The molecule has 2 aromatic rings. The smallest absolute Gasteiger partial charge is 0.279 e. The molecule has 1 saturated carbocycles. The third-order valence-corrected chi connectivity index (χ3v) is 7.15. The van der Waals surface area contributed by atoms with Crippen molar-refractivity contribution < 1.29 is 19.1 Å². The first-order valence-electron chi connectivity index (χ1n) is 11.7. The van der Waals surface area contributed by atoms with E-state index < -0.39 is 0 Å². The number of rotatable bonds is 9. The average molecular weight is 504 g/mol. The summed E-state index contributed by atoms with van der Waals surface area (Å²) in [5.74, 6) is 2.01. The van der Waals surface area contributed by atoms with Crippen LogP contribution in [0.15, 0.2) is 30.5 Å². The predicted molar refractivity (Wildman–Crippen MR) is 133 cm³/mol. The molecule has 2 aliphatic rings. The molecule has 1 saturated heterocycles. The number of ether oxygens (including phenoxy) is 2. The Morgan fingerprint density at radius 2 is 2.06 bits per heavy atom. The van der Waals surface area contributed by atoms with Gasteiger partial charge in [-0.3, -0.25) is 9.59 Å². The highest BCUT2D eigenvalue weighted by molar-refractivity contribution is 7.14. The Kier molecular flexibility index (Phi) is 8.11. The van der Waals surface area contributed by atoms with Crippen LogP contribution in [-0.2, 0) is 9.59 Å². The van der Waals surface area contributed by atoms with E-state index in [4.69, 9.17) is 21.1 Å². The molecule has 1 atom stereocenters. The fourth-order valence-electron chi connectivity index (χ4n) is 3.73. The van der Waals surface area contributed by atoms with E-state index in [1.54, 1.807) is 30.2 Å². The lowest BCUT2D eigenvalue weighted by Crippen LogP contribution is -2.43. The summed E-state index contributed by atoms with van der Waals surface area (Å²) >= 11 is 7.75. The fraction of sp³-hybridized carbons (Fsp3) is 0.480. The molecule has 2 heterocycles. The van der Waals surface area contributed by atoms with Crippen molar-refractivity contribution in [3.63, 3.8) is 0 Å². The molecule has 1 aromatic carbocycles. The van der Waals surface area contributed by atoms with Gasteiger partial charge in [-0.25, -0.2) is 4.98 Å². The van der Waals surface area contributed by atoms with Crippen LogP contribution >= 0.6 is 22.9 Å². The number of aromatic nitrogens is 1. The minimum Gasteiger partial charge on any atom is -0.493 e. The SMILES string of the molecule is CC(=O)N1CCC(C(=O)N[C@@H](C)/C=C/c2cnc(Oc3ccc(OCC4CC4)cc3Cl)s2)CC1. The third-order valence-electron chi connectivity index (χ3n) is 6.02. The van der Waals surface area contributed by atoms with Crippen LogP contribution in [0.1, 0.15) is 44.4 Å². The number of carbonyl (C=O) groups excluding carboxylic acids is 2. The van der Waals surface area contributed by atoms with Crippen molar-refractivity contribution in [3.05, 3.63) is 40.4 Å². The van der Waals surface area contributed by atoms with Gasteiger partial charge in [0.15, 0.2) is 0 Å². The van der Waals surface area contributed by atoms with Gasteiger partial charge in [-0.2, -0.15) is 0 Å². The summed E-state index contributed by atoms with van der Waals surface area (Å²) in [6, 6.07) is 5.29. The summed E-state index contributed by atoms with van der Waals surface area (Å²) < 4.78 is 11.6. The van der Waals surface area contributed by atoms with Gasteiger partial charge in [-0.1, -0.05) is 29.0 Å². The average Bonchev–Trinajstić information content (AvgIpc) is 3.55. The molecule has 1 aliphatic heterocycles. The molecular weight excluding hydrogens is 474 g/mol. The van der Waals surface area contributed by atoms with Crippen molar-refractivity contribution in [1.82, 2.24) is 15.2 Å². The fourth-order valence-corrected chi connectivity index (χ4v) is 4.63. The Labute approximate surface area is 209 Å². The Morgan fingerprint density at radius 1 is 1.29 bits per heavy atom. The summed E-state index contributed by atoms with van der Waals surface area (Å²) in [5.41, 5.74) is 0. The Morgan fingerprint density at radius 3 is 2.74 bits per heavy atom. The lowest BCUT2D eigenvalue weighted by atomic mass is 9.95. The molecule has 7 nitrogen and oxygen atoms in total. The second kappa shape index (κ2) is 11.2. The molecule has 2 amide bonds. The summed E-state index contributed by atoms with van der Waals surface area (Å²) in [6.07, 6.45) is 9.46. The largest absolute Gasteiger partial charge is 0.493 e. The Hall–Kier alpha value is -2.58. The molecule has 1 N–H and O–H groups in total. The van der Waals surface area contributed by atoms with Crippen molar-refractivity contribution in [3.8, 4) is 16.7 Å². The molecule has 9 heteroatoms. The van der Waals surface area contributed by atoms with E-state index in [0.29, 0.717) is 47.8 Å². The molecule has 0 radical (unpaired) electrons. The summed E-state index contributed by atoms with van der Waals surface area (Å²) in [4.78, 5) is 31.0. The number of thiazole rings is 1. The van der Waals surface area contributed by atoms with E-state index in [1.807, 2.05) is 25.1 Å². The molecule has 2 fully saturated rings. The third kappa shape index (κ3) is 6.96. The van der Waals surface area contributed by atoms with Crippen molar-refractivity contribution in [2.45, 2.75) is 45.6 Å². The number of carbonyl (C=O) groups is 2. The highest BCUT2D eigenvalue weighted by Crippen LogP contribution is 2.35. The van der Waals surface area contributed by atoms with Gasteiger partial charge in [0.1, 0.15) is 11.5 Å². The van der Waals surface area contributed by atoms with Gasteiger partial charge in [-0.05, 0) is 56.7 Å². The van der Waals surface area contributed by atoms with E-state index in [-0.39, 0.29) is 23.8 Å². The van der Waals surface area contributed by atoms with Gasteiger partial charge in [-0.15, -0.1) is 0 Å². The maximum atomic E-state index is 12.5. The highest BCUT2D eigenvalue weighted by atomic mass is 35.5. The monoisotopic (exact) mass is 503 g/mol. The normalized spacial score (nSPS) is 17.6. The van der Waals surface area contributed by atoms with Crippen molar-refractivity contribution in [2.24, 2.45) is 11.8 Å². The number of likely N-dealkylation sites (tertiary alicyclic amines) is 1. The van der Waals surface area contributed by atoms with Gasteiger partial charge < -0.3 is 19.7 Å². The number of hydrogen-bond donors (Lipinski definition) is 1. The zero-order valence-corrected chi connectivity index (χ0v) is 21.0. The highest BCUT2D eigenvalue weighted by Gasteiger charge is 2.26. The minimum absolute atomic E-state index is 0.0351. The van der Waals surface area contributed by atoms with E-state index >= 15 is 0 Å². The lowest BCUT2D eigenvalue weighted by molar-refractivity contribution is -0.134. The maximum absolute atomic E-state index is 12.5. The number of piperidine rings is 1. The molecule has 0 bridgehead atoms. The molecule has 0 spiro atoms. The first-order chi connectivity index (χ1) is 16.4. The van der Waals surface area contributed by atoms with Crippen LogP contribution in [0.2, 0.25) is 5.02 Å². The quantitative estimate of drug-likeness (QED) is 0.511. The van der Waals surface area contributed by atoms with E-state index in [2.05, 4.69) is 10.3 Å². The van der Waals surface area contributed by atoms with Crippen molar-refractivity contribution in [2.75, 3.05) is 19.7 Å². The van der Waals surface area contributed by atoms with Gasteiger partial charge in [0.05, 0.1) is 16.5 Å². The Balaban J connectivity index is 1.24. The summed E-state index contributed by atoms with van der Waals surface area (Å²) in [7, 11) is 0. The van der Waals surface area contributed by atoms with Crippen LogP contribution in [0.25, 0.3) is 6.08 Å². The molecule has 34 heavy (non-hydrogen) atoms. The summed E-state index contributed by atoms with van der Waals surface area (Å²) in [5, 5.41) is 4.00. The number of benzene rings is 1. The number of halogens is 1. The standard InChI is InChI=1S/C25H30ClN3O4S/c1-16(28-24(31)19-9-11-29(12-10-19)17(2)30)3-7-21-14-27-25(34-21)33-23-8-6-20(13-22(23)26)32-15-18-4-5-18/h3,6-8,13-14,16,18-19H,4-5,9-12,15H2,1-2H3,(H,28,31)/b7-3+/t16-/m0/s1. The lowest BCUT2D eigenvalue weighted by Gasteiger charge is -2.31. The molecule has 1 aliphatic carbocycles. The zero-order chi connectivity index (χ0) is 24.1. The Bertz CT molecular complexity index is 1040. The van der Waals surface area contributed by atoms with Gasteiger partial charge in [0, 0.05) is 44.2 Å². The van der Waals surface area contributed by atoms with Crippen LogP contribution in [0.5, 0.6) is 16.7 Å². The molecule has 1 aromatic heterocycles. The number of amides is 2. The predicted octanol–water partition coefficient (Wildman–Crippen LogP) is 5.15. The minimum atomic E-state index is -0.123. The first-order valence-corrected chi connectivity index (χ1v) is 12.9. The van der Waals surface area contributed by atoms with Crippen LogP contribution in [0.4, 0.5) is 0 Å². The van der Waals surface area contributed by atoms with Crippen LogP contribution in [0.3, 0.4) is 0 Å². The van der Waals surface area contributed by atoms with Gasteiger partial charge in [0.25, 0.3) is 5.19 Å². The second-order valence-corrected chi connectivity index (χ2v) is 10.3. The summed E-state index contributed by atoms with van der Waals surface area (Å²) in [6.45, 7) is 5.52. The first kappa shape index (κ1) is 24.5. The van der Waals surface area contributed by atoms with Gasteiger partial charge >= 0.3 is 0 Å². The zero-order valence-electron chi connectivity index (χ0n) is 19.5. The molecule has 4 rings (SSSR count). The maximum Gasteiger partial charge on any atom is 0.279 e. The number of nitrogens with zero attached hydrogens (tertiary/aromatic N) is 2. The molecule has 0 unspecified atom stereocenters. The van der Waals surface area contributed by atoms with Crippen LogP contribution in [0, 0.1) is 11.8 Å². The van der Waals surface area contributed by atoms with Crippen LogP contribution < -0.4 is 14.8 Å². The molecular formula is C25H30ClN3O4S. The number of hydrogen-bond acceptors (Lipinski definition) is 6. The van der Waals surface area contributed by atoms with E-state index in [0.717, 1.165) is 17.2 Å². The second-order valence-electron chi connectivity index (χ2n) is 8.91. The number of nitrogens with one attached hydrogen (secondary N) is 1.